The number of aromatic nitrogens is 5. The second-order valence-electron chi connectivity index (χ2n) is 4.13. The van der Waals surface area contributed by atoms with Crippen molar-refractivity contribution in [1.29, 1.82) is 0 Å². The van der Waals surface area contributed by atoms with Crippen LogP contribution in [0.25, 0.3) is 22.2 Å². The van der Waals surface area contributed by atoms with Gasteiger partial charge in [-0.25, -0.2) is 4.98 Å². The number of aryl methyl sites for hydroxylation is 1. The van der Waals surface area contributed by atoms with Gasteiger partial charge in [-0.2, -0.15) is 4.52 Å². The first kappa shape index (κ1) is 8.69. The van der Waals surface area contributed by atoms with Gasteiger partial charge in [0, 0.05) is 6.20 Å². The van der Waals surface area contributed by atoms with Gasteiger partial charge in [0.1, 0.15) is 5.65 Å². The van der Waals surface area contributed by atoms with E-state index in [0.29, 0.717) is 5.65 Å². The second-order valence-corrected chi connectivity index (χ2v) is 4.13. The molecule has 4 rings (SSSR count). The van der Waals surface area contributed by atoms with Gasteiger partial charge in [0.05, 0.1) is 10.9 Å². The molecule has 5 nitrogen and oxygen atoms in total. The molecule has 0 fully saturated rings. The van der Waals surface area contributed by atoms with E-state index in [1.807, 2.05) is 10.7 Å². The highest BCUT2D eigenvalue weighted by atomic mass is 15.5. The molecule has 0 spiro atoms. The van der Waals surface area contributed by atoms with E-state index >= 15 is 0 Å². The Labute approximate surface area is 96.3 Å². The van der Waals surface area contributed by atoms with Crippen LogP contribution in [0, 0.1) is 6.92 Å². The predicted octanol–water partition coefficient (Wildman–Crippen LogP) is 0.887. The molecule has 17 heavy (non-hydrogen) atoms. The number of benzene rings is 1. The van der Waals surface area contributed by atoms with Crippen molar-refractivity contribution in [3.63, 3.8) is 0 Å². The van der Waals surface area contributed by atoms with Crippen molar-refractivity contribution in [3.8, 4) is 0 Å². The summed E-state index contributed by atoms with van der Waals surface area (Å²) < 4.78 is 3.76. The first-order valence-corrected chi connectivity index (χ1v) is 5.40. The van der Waals surface area contributed by atoms with E-state index in [2.05, 4.69) is 40.2 Å². The topological polar surface area (TPSA) is 48.4 Å². The van der Waals surface area contributed by atoms with Crippen LogP contribution in [-0.4, -0.2) is 14.5 Å². The highest BCUT2D eigenvalue weighted by molar-refractivity contribution is 5.81. The van der Waals surface area contributed by atoms with Crippen LogP contribution in [0.5, 0.6) is 0 Å². The van der Waals surface area contributed by atoms with E-state index in [-0.39, 0.29) is 0 Å². The van der Waals surface area contributed by atoms with Crippen molar-refractivity contribution in [3.05, 3.63) is 42.4 Å². The van der Waals surface area contributed by atoms with Crippen LogP contribution in [0.2, 0.25) is 0 Å². The van der Waals surface area contributed by atoms with Gasteiger partial charge in [0.2, 0.25) is 6.20 Å². The van der Waals surface area contributed by atoms with E-state index in [1.165, 1.54) is 5.56 Å². The molecule has 0 aliphatic heterocycles. The van der Waals surface area contributed by atoms with Gasteiger partial charge in [-0.15, -0.1) is 5.10 Å². The third-order valence-electron chi connectivity index (χ3n) is 2.93. The number of fused-ring (bicyclic) bond motifs is 5. The van der Waals surface area contributed by atoms with E-state index in [9.17, 15) is 0 Å². The zero-order chi connectivity index (χ0) is 11.4. The lowest BCUT2D eigenvalue weighted by atomic mass is 10.2. The Hall–Kier alpha value is -2.43. The van der Waals surface area contributed by atoms with Gasteiger partial charge < -0.3 is 4.98 Å². The van der Waals surface area contributed by atoms with Crippen LogP contribution in [0.1, 0.15) is 5.56 Å². The van der Waals surface area contributed by atoms with Crippen LogP contribution in [-0.2, 0) is 0 Å². The van der Waals surface area contributed by atoms with Crippen LogP contribution < -0.4 is 9.73 Å². The summed E-state index contributed by atoms with van der Waals surface area (Å²) in [5.41, 5.74) is 3.78. The molecule has 0 amide bonds. The first-order valence-electron chi connectivity index (χ1n) is 5.40. The van der Waals surface area contributed by atoms with Gasteiger partial charge in [-0.05, 0) is 25.3 Å². The standard InChI is InChI=1S/C12H9N5/c1-8-2-3-10-9(6-8)7-16-15-11-12(17(10)16)14-5-4-13-11/h2-7H,1H3. The summed E-state index contributed by atoms with van der Waals surface area (Å²) in [6.45, 7) is 2.08. The minimum Gasteiger partial charge on any atom is -0.361 e. The lowest BCUT2D eigenvalue weighted by molar-refractivity contribution is -0.671. The summed E-state index contributed by atoms with van der Waals surface area (Å²) in [6, 6.07) is 6.31. The van der Waals surface area contributed by atoms with Crippen molar-refractivity contribution in [2.45, 2.75) is 6.92 Å². The van der Waals surface area contributed by atoms with Gasteiger partial charge >= 0.3 is 0 Å². The van der Waals surface area contributed by atoms with E-state index in [0.717, 1.165) is 16.6 Å². The SMILES string of the molecule is Cc1ccc2c(c1)c[n+]1[n-]c3nccnc3n21. The van der Waals surface area contributed by atoms with Crippen LogP contribution in [0.4, 0.5) is 0 Å². The number of hydrogen-bond donors (Lipinski definition) is 0. The van der Waals surface area contributed by atoms with Crippen molar-refractivity contribution < 1.29 is 4.63 Å². The molecule has 0 N–H and O–H groups in total. The Morgan fingerprint density at radius 3 is 3.06 bits per heavy atom. The Bertz CT molecular complexity index is 855. The van der Waals surface area contributed by atoms with E-state index < -0.39 is 0 Å². The highest BCUT2D eigenvalue weighted by Crippen LogP contribution is 2.15. The normalized spacial score (nSPS) is 11.8. The van der Waals surface area contributed by atoms with Crippen molar-refractivity contribution in [2.24, 2.45) is 0 Å². The van der Waals surface area contributed by atoms with Crippen molar-refractivity contribution >= 4 is 22.2 Å². The van der Waals surface area contributed by atoms with Crippen LogP contribution in [0.15, 0.2) is 36.8 Å². The molecule has 0 atom stereocenters. The average molecular weight is 223 g/mol. The van der Waals surface area contributed by atoms with Gasteiger partial charge in [-0.3, -0.25) is 0 Å². The third kappa shape index (κ3) is 1.05. The molecule has 0 saturated heterocycles. The Morgan fingerprint density at radius 2 is 2.12 bits per heavy atom. The summed E-state index contributed by atoms with van der Waals surface area (Å²) in [6.07, 6.45) is 5.33. The van der Waals surface area contributed by atoms with Gasteiger partial charge in [0.25, 0.3) is 0 Å². The minimum atomic E-state index is 0.662. The molecule has 5 heteroatoms. The Morgan fingerprint density at radius 1 is 1.24 bits per heavy atom. The molecule has 4 aromatic rings. The maximum atomic E-state index is 4.39. The number of nitrogens with zero attached hydrogens (tertiary/aromatic N) is 5. The van der Waals surface area contributed by atoms with Gasteiger partial charge in [-0.1, -0.05) is 16.3 Å². The predicted molar refractivity (Wildman–Crippen MR) is 61.7 cm³/mol. The molecular weight excluding hydrogens is 214 g/mol. The third-order valence-corrected chi connectivity index (χ3v) is 2.93. The molecule has 0 aliphatic carbocycles. The molecule has 0 bridgehead atoms. The second kappa shape index (κ2) is 2.82. The lowest BCUT2D eigenvalue weighted by Gasteiger charge is -1.94. The average Bonchev–Trinajstić information content (AvgIpc) is 2.83. The molecule has 0 radical (unpaired) electrons. The summed E-state index contributed by atoms with van der Waals surface area (Å²) in [5, 5.41) is 5.55. The smallest absolute Gasteiger partial charge is 0.211 e. The van der Waals surface area contributed by atoms with Crippen molar-refractivity contribution in [1.82, 2.24) is 19.6 Å². The molecule has 82 valence electrons. The quantitative estimate of drug-likeness (QED) is 0.416. The minimum absolute atomic E-state index is 0.662. The summed E-state index contributed by atoms with van der Waals surface area (Å²) in [5.74, 6) is 0. The fourth-order valence-electron chi connectivity index (χ4n) is 2.19. The van der Waals surface area contributed by atoms with E-state index in [4.69, 9.17) is 0 Å². The lowest BCUT2D eigenvalue weighted by Crippen LogP contribution is -2.28. The number of hydrogen-bond acceptors (Lipinski definition) is 2. The van der Waals surface area contributed by atoms with E-state index in [1.54, 1.807) is 17.0 Å². The van der Waals surface area contributed by atoms with Crippen molar-refractivity contribution in [2.75, 3.05) is 0 Å². The monoisotopic (exact) mass is 223 g/mol. The maximum absolute atomic E-state index is 4.39. The zero-order valence-corrected chi connectivity index (χ0v) is 9.20. The Balaban J connectivity index is 2.31. The molecular formula is C12H9N5. The summed E-state index contributed by atoms with van der Waals surface area (Å²) in [7, 11) is 0. The molecule has 3 heterocycles. The fourth-order valence-corrected chi connectivity index (χ4v) is 2.19. The first-order chi connectivity index (χ1) is 8.33. The summed E-state index contributed by atoms with van der Waals surface area (Å²) >= 11 is 0. The van der Waals surface area contributed by atoms with Crippen LogP contribution >= 0.6 is 0 Å². The largest absolute Gasteiger partial charge is 0.361 e. The Kier molecular flexibility index (Phi) is 1.44. The summed E-state index contributed by atoms with van der Waals surface area (Å²) in [4.78, 5) is 8.53. The highest BCUT2D eigenvalue weighted by Gasteiger charge is 2.11. The molecule has 3 aromatic heterocycles. The molecule has 0 saturated carbocycles. The fraction of sp³-hybridized carbons (Fsp3) is 0.0833. The zero-order valence-electron chi connectivity index (χ0n) is 9.20. The molecule has 0 aliphatic rings. The maximum Gasteiger partial charge on any atom is 0.211 e. The number of rotatable bonds is 0. The molecule has 0 unspecified atom stereocenters. The van der Waals surface area contributed by atoms with Crippen LogP contribution in [0.3, 0.4) is 0 Å². The van der Waals surface area contributed by atoms with Gasteiger partial charge in [0.15, 0.2) is 5.65 Å². The molecule has 1 aromatic carbocycles.